The standard InChI is InChI=1S/C12H10F4N2O2/c1-2-20-10(19)11(12(14,15)16)4-3-7-5-8(13)6-17-9(7)18-11/h3-6H,2H2,1H3,(H,17,18). The minimum Gasteiger partial charge on any atom is -0.464 e. The molecule has 4 nitrogen and oxygen atoms in total. The van der Waals surface area contributed by atoms with Crippen LogP contribution in [0.3, 0.4) is 0 Å². The van der Waals surface area contributed by atoms with Crippen molar-refractivity contribution in [2.75, 3.05) is 11.9 Å². The zero-order valence-corrected chi connectivity index (χ0v) is 10.3. The number of ether oxygens (including phenoxy) is 1. The molecule has 2 heterocycles. The molecule has 0 bridgehead atoms. The first-order chi connectivity index (χ1) is 9.30. The van der Waals surface area contributed by atoms with Crippen molar-refractivity contribution in [3.63, 3.8) is 0 Å². The van der Waals surface area contributed by atoms with Gasteiger partial charge in [-0.2, -0.15) is 13.2 Å². The summed E-state index contributed by atoms with van der Waals surface area (Å²) in [7, 11) is 0. The second-order valence-corrected chi connectivity index (χ2v) is 4.08. The molecule has 1 aliphatic heterocycles. The molecule has 1 atom stereocenters. The van der Waals surface area contributed by atoms with Crippen molar-refractivity contribution in [1.82, 2.24) is 4.98 Å². The van der Waals surface area contributed by atoms with Gasteiger partial charge in [0, 0.05) is 5.56 Å². The second-order valence-electron chi connectivity index (χ2n) is 4.08. The number of alkyl halides is 3. The van der Waals surface area contributed by atoms with Gasteiger partial charge in [-0.3, -0.25) is 0 Å². The van der Waals surface area contributed by atoms with Crippen LogP contribution in [0, 0.1) is 5.82 Å². The van der Waals surface area contributed by atoms with E-state index in [4.69, 9.17) is 0 Å². The topological polar surface area (TPSA) is 51.2 Å². The van der Waals surface area contributed by atoms with Gasteiger partial charge in [-0.05, 0) is 19.1 Å². The fourth-order valence-electron chi connectivity index (χ4n) is 1.77. The number of halogens is 4. The maximum Gasteiger partial charge on any atom is 0.426 e. The molecule has 1 N–H and O–H groups in total. The largest absolute Gasteiger partial charge is 0.464 e. The second kappa shape index (κ2) is 4.77. The van der Waals surface area contributed by atoms with Crippen LogP contribution in [-0.4, -0.2) is 29.3 Å². The summed E-state index contributed by atoms with van der Waals surface area (Å²) in [6, 6.07) is 1.01. The van der Waals surface area contributed by atoms with Crippen LogP contribution in [0.2, 0.25) is 0 Å². The van der Waals surface area contributed by atoms with Crippen LogP contribution >= 0.6 is 0 Å². The number of pyridine rings is 1. The molecule has 0 spiro atoms. The molecule has 1 aromatic heterocycles. The van der Waals surface area contributed by atoms with Crippen LogP contribution in [0.1, 0.15) is 12.5 Å². The molecule has 0 fully saturated rings. The molecule has 0 saturated heterocycles. The van der Waals surface area contributed by atoms with E-state index in [9.17, 15) is 22.4 Å². The first-order valence-electron chi connectivity index (χ1n) is 5.67. The van der Waals surface area contributed by atoms with Crippen molar-refractivity contribution in [2.45, 2.75) is 18.6 Å². The van der Waals surface area contributed by atoms with Gasteiger partial charge in [0.1, 0.15) is 11.6 Å². The molecule has 1 aromatic rings. The Morgan fingerprint density at radius 1 is 1.50 bits per heavy atom. The molecule has 1 aliphatic rings. The Labute approximate surface area is 111 Å². The highest BCUT2D eigenvalue weighted by molar-refractivity contribution is 5.92. The van der Waals surface area contributed by atoms with Gasteiger partial charge in [-0.25, -0.2) is 14.2 Å². The molecule has 2 rings (SSSR count). The fourth-order valence-corrected chi connectivity index (χ4v) is 1.77. The maximum atomic E-state index is 13.2. The lowest BCUT2D eigenvalue weighted by Gasteiger charge is -2.34. The molecular weight excluding hydrogens is 280 g/mol. The number of hydrogen-bond donors (Lipinski definition) is 1. The lowest BCUT2D eigenvalue weighted by atomic mass is 9.93. The number of aromatic nitrogens is 1. The summed E-state index contributed by atoms with van der Waals surface area (Å²) in [5, 5.41) is 2.00. The van der Waals surface area contributed by atoms with E-state index in [1.54, 1.807) is 0 Å². The van der Waals surface area contributed by atoms with Crippen LogP contribution in [0.4, 0.5) is 23.4 Å². The summed E-state index contributed by atoms with van der Waals surface area (Å²) >= 11 is 0. The third kappa shape index (κ3) is 2.21. The van der Waals surface area contributed by atoms with E-state index in [-0.39, 0.29) is 18.0 Å². The number of hydrogen-bond acceptors (Lipinski definition) is 4. The Kier molecular flexibility index (Phi) is 3.41. The molecule has 1 unspecified atom stereocenters. The zero-order valence-electron chi connectivity index (χ0n) is 10.3. The normalized spacial score (nSPS) is 21.1. The number of rotatable bonds is 2. The summed E-state index contributed by atoms with van der Waals surface area (Å²) in [5.41, 5.74) is -2.89. The Hall–Kier alpha value is -2.12. The minimum absolute atomic E-state index is 0.120. The first kappa shape index (κ1) is 14.3. The van der Waals surface area contributed by atoms with Crippen molar-refractivity contribution in [1.29, 1.82) is 0 Å². The van der Waals surface area contributed by atoms with Gasteiger partial charge in [0.2, 0.25) is 0 Å². The Bertz CT molecular complexity index is 571. The Balaban J connectivity index is 2.48. The van der Waals surface area contributed by atoms with E-state index in [2.05, 4.69) is 9.72 Å². The first-order valence-corrected chi connectivity index (χ1v) is 5.67. The summed E-state index contributed by atoms with van der Waals surface area (Å²) in [5.74, 6) is -2.41. The zero-order chi connectivity index (χ0) is 15.0. The van der Waals surface area contributed by atoms with E-state index in [0.29, 0.717) is 6.08 Å². The number of nitrogens with one attached hydrogen (secondary N) is 1. The average molecular weight is 290 g/mol. The number of nitrogens with zero attached hydrogens (tertiary/aromatic N) is 1. The Morgan fingerprint density at radius 3 is 2.80 bits per heavy atom. The van der Waals surface area contributed by atoms with E-state index in [1.165, 1.54) is 6.92 Å². The lowest BCUT2D eigenvalue weighted by molar-refractivity contribution is -0.190. The predicted octanol–water partition coefficient (Wildman–Crippen LogP) is 2.52. The predicted molar refractivity (Wildman–Crippen MR) is 62.3 cm³/mol. The van der Waals surface area contributed by atoms with Gasteiger partial charge >= 0.3 is 12.1 Å². The van der Waals surface area contributed by atoms with Crippen LogP contribution in [0.5, 0.6) is 0 Å². The van der Waals surface area contributed by atoms with Crippen molar-refractivity contribution < 1.29 is 27.1 Å². The van der Waals surface area contributed by atoms with Crippen molar-refractivity contribution in [3.8, 4) is 0 Å². The molecule has 0 radical (unpaired) electrons. The van der Waals surface area contributed by atoms with Crippen molar-refractivity contribution >= 4 is 17.9 Å². The quantitative estimate of drug-likeness (QED) is 0.671. The maximum absolute atomic E-state index is 13.2. The van der Waals surface area contributed by atoms with Gasteiger partial charge in [0.25, 0.3) is 5.54 Å². The van der Waals surface area contributed by atoms with Crippen LogP contribution < -0.4 is 5.32 Å². The van der Waals surface area contributed by atoms with Gasteiger partial charge in [-0.1, -0.05) is 6.08 Å². The van der Waals surface area contributed by atoms with E-state index < -0.39 is 23.5 Å². The van der Waals surface area contributed by atoms with Gasteiger partial charge < -0.3 is 10.1 Å². The number of esters is 1. The summed E-state index contributed by atoms with van der Waals surface area (Å²) < 4.78 is 57.1. The van der Waals surface area contributed by atoms with Gasteiger partial charge in [0.05, 0.1) is 12.8 Å². The SMILES string of the molecule is CCOC(=O)C1(C(F)(F)F)C=Cc2cc(F)cnc2N1. The van der Waals surface area contributed by atoms with Crippen molar-refractivity contribution in [3.05, 3.63) is 29.7 Å². The van der Waals surface area contributed by atoms with Crippen LogP contribution in [-0.2, 0) is 9.53 Å². The monoisotopic (exact) mass is 290 g/mol. The van der Waals surface area contributed by atoms with Crippen LogP contribution in [0.15, 0.2) is 18.3 Å². The highest BCUT2D eigenvalue weighted by atomic mass is 19.4. The number of fused-ring (bicyclic) bond motifs is 1. The summed E-state index contributed by atoms with van der Waals surface area (Å²) in [6.07, 6.45) is -2.57. The number of anilines is 1. The molecule has 8 heteroatoms. The smallest absolute Gasteiger partial charge is 0.426 e. The van der Waals surface area contributed by atoms with E-state index in [1.807, 2.05) is 5.32 Å². The third-order valence-corrected chi connectivity index (χ3v) is 2.76. The Morgan fingerprint density at radius 2 is 2.20 bits per heavy atom. The van der Waals surface area contributed by atoms with E-state index in [0.717, 1.165) is 18.3 Å². The molecule has 20 heavy (non-hydrogen) atoms. The fraction of sp³-hybridized carbons (Fsp3) is 0.333. The lowest BCUT2D eigenvalue weighted by Crippen LogP contribution is -2.58. The average Bonchev–Trinajstić information content (AvgIpc) is 2.37. The molecule has 0 aliphatic carbocycles. The highest BCUT2D eigenvalue weighted by Crippen LogP contribution is 2.39. The summed E-state index contributed by atoms with van der Waals surface area (Å²) in [4.78, 5) is 15.2. The molecule has 108 valence electrons. The molecule has 0 aromatic carbocycles. The molecular formula is C12H10F4N2O2. The number of carbonyl (C=O) groups excluding carboxylic acids is 1. The number of carbonyl (C=O) groups is 1. The molecule has 0 amide bonds. The molecule has 0 saturated carbocycles. The van der Waals surface area contributed by atoms with Crippen LogP contribution in [0.25, 0.3) is 6.08 Å². The third-order valence-electron chi connectivity index (χ3n) is 2.76. The van der Waals surface area contributed by atoms with Gasteiger partial charge in [-0.15, -0.1) is 0 Å². The summed E-state index contributed by atoms with van der Waals surface area (Å²) in [6.45, 7) is 1.20. The van der Waals surface area contributed by atoms with E-state index >= 15 is 0 Å². The van der Waals surface area contributed by atoms with Crippen molar-refractivity contribution in [2.24, 2.45) is 0 Å². The highest BCUT2D eigenvalue weighted by Gasteiger charge is 2.61. The van der Waals surface area contributed by atoms with Gasteiger partial charge in [0.15, 0.2) is 0 Å². The minimum atomic E-state index is -4.93.